The van der Waals surface area contributed by atoms with Gasteiger partial charge in [0.05, 0.1) is 27.3 Å². The molecule has 0 N–H and O–H groups in total. The van der Waals surface area contributed by atoms with Crippen LogP contribution in [0.5, 0.6) is 0 Å². The first-order chi connectivity index (χ1) is 38.1. The van der Waals surface area contributed by atoms with Crippen LogP contribution in [0.25, 0.3) is 31.3 Å². The fourth-order valence-electron chi connectivity index (χ4n) is 14.6. The topological polar surface area (TPSA) is 9.72 Å². The zero-order valence-corrected chi connectivity index (χ0v) is 52.4. The highest BCUT2D eigenvalue weighted by Gasteiger charge is 2.62. The molecule has 4 aliphatic rings. The number of rotatable bonds is 5. The van der Waals surface area contributed by atoms with Crippen LogP contribution in [0.2, 0.25) is 0 Å². The van der Waals surface area contributed by atoms with Crippen LogP contribution in [0, 0.1) is 0 Å². The van der Waals surface area contributed by atoms with Crippen LogP contribution in [0.15, 0.2) is 152 Å². The molecule has 2 unspecified atom stereocenters. The van der Waals surface area contributed by atoms with Crippen molar-refractivity contribution in [3.63, 3.8) is 0 Å². The third-order valence-electron chi connectivity index (χ3n) is 19.8. The molecule has 412 valence electrons. The Kier molecular flexibility index (Phi) is 11.9. The Labute approximate surface area is 489 Å². The Morgan fingerprint density at radius 2 is 1.00 bits per heavy atom. The number of hydrogen-bond acceptors (Lipinski definition) is 4. The summed E-state index contributed by atoms with van der Waals surface area (Å²) < 4.78 is 2.69. The minimum absolute atomic E-state index is 0.0116. The van der Waals surface area contributed by atoms with E-state index in [2.05, 4.69) is 284 Å². The molecule has 1 aromatic heterocycles. The predicted octanol–water partition coefficient (Wildman–Crippen LogP) is 20.0. The summed E-state index contributed by atoms with van der Waals surface area (Å²) in [5.74, 6) is 0. The molecule has 8 aromatic carbocycles. The van der Waals surface area contributed by atoms with Gasteiger partial charge in [0.1, 0.15) is 0 Å². The van der Waals surface area contributed by atoms with Crippen molar-refractivity contribution in [3.05, 3.63) is 185 Å². The summed E-state index contributed by atoms with van der Waals surface area (Å²) in [7, 11) is 0. The summed E-state index contributed by atoms with van der Waals surface area (Å²) in [6.07, 6.45) is 4.75. The van der Waals surface area contributed by atoms with Crippen molar-refractivity contribution < 1.29 is 0 Å². The van der Waals surface area contributed by atoms with Crippen LogP contribution in [0.3, 0.4) is 0 Å². The first-order valence-electron chi connectivity index (χ1n) is 30.2. The van der Waals surface area contributed by atoms with E-state index in [0.29, 0.717) is 0 Å². The second-order valence-electron chi connectivity index (χ2n) is 30.2. The molecule has 0 radical (unpaired) electrons. The average molecular weight is 1080 g/mol. The summed E-state index contributed by atoms with van der Waals surface area (Å²) in [5, 5.41) is 2.65. The lowest BCUT2D eigenvalue weighted by Gasteiger charge is -2.53. The van der Waals surface area contributed by atoms with E-state index in [1.165, 1.54) is 123 Å². The lowest BCUT2D eigenvalue weighted by molar-refractivity contribution is 0.195. The number of nitrogens with zero attached hydrogens (tertiary/aromatic N) is 3. The highest BCUT2D eigenvalue weighted by molar-refractivity contribution is 7.26. The Hall–Kier alpha value is -6.56. The molecular weight excluding hydrogens is 998 g/mol. The summed E-state index contributed by atoms with van der Waals surface area (Å²) in [6, 6.07) is 60.5. The van der Waals surface area contributed by atoms with Gasteiger partial charge in [0.25, 0.3) is 6.71 Å². The highest BCUT2D eigenvalue weighted by atomic mass is 32.1. The maximum Gasteiger partial charge on any atom is 0.252 e. The van der Waals surface area contributed by atoms with Crippen molar-refractivity contribution in [3.8, 4) is 11.1 Å². The quantitative estimate of drug-likeness (QED) is 0.159. The van der Waals surface area contributed by atoms with Gasteiger partial charge in [-0.3, -0.25) is 0 Å². The molecule has 4 heterocycles. The van der Waals surface area contributed by atoms with Crippen molar-refractivity contribution in [2.75, 3.05) is 14.7 Å². The zero-order valence-electron chi connectivity index (χ0n) is 51.6. The predicted molar refractivity (Wildman–Crippen MR) is 355 cm³/mol. The van der Waals surface area contributed by atoms with E-state index in [1.807, 2.05) is 11.3 Å². The molecular formula is C76H84BN3S. The third-order valence-corrected chi connectivity index (χ3v) is 21.0. The van der Waals surface area contributed by atoms with E-state index in [4.69, 9.17) is 0 Å². The second-order valence-corrected chi connectivity index (χ2v) is 31.3. The Bertz CT molecular complexity index is 3940. The molecule has 1 aliphatic carbocycles. The summed E-state index contributed by atoms with van der Waals surface area (Å²) in [6.45, 7) is 40.6. The summed E-state index contributed by atoms with van der Waals surface area (Å²) >= 11 is 1.99. The molecule has 5 heteroatoms. The van der Waals surface area contributed by atoms with Gasteiger partial charge in [0, 0.05) is 54.9 Å². The molecule has 0 spiro atoms. The van der Waals surface area contributed by atoms with Crippen molar-refractivity contribution in [2.24, 2.45) is 0 Å². The number of benzene rings is 8. The lowest BCUT2D eigenvalue weighted by atomic mass is 9.33. The molecule has 2 atom stereocenters. The zero-order chi connectivity index (χ0) is 57.3. The highest BCUT2D eigenvalue weighted by Crippen LogP contribution is 2.63. The first kappa shape index (κ1) is 53.7. The van der Waals surface area contributed by atoms with E-state index in [1.54, 1.807) is 5.56 Å². The van der Waals surface area contributed by atoms with Crippen molar-refractivity contribution in [1.29, 1.82) is 0 Å². The molecule has 0 amide bonds. The van der Waals surface area contributed by atoms with Gasteiger partial charge in [0.2, 0.25) is 0 Å². The smallest absolute Gasteiger partial charge is 0.252 e. The second kappa shape index (κ2) is 18.0. The lowest BCUT2D eigenvalue weighted by Crippen LogP contribution is -2.64. The average Bonchev–Trinajstić information content (AvgIpc) is 1.73. The van der Waals surface area contributed by atoms with Crippen molar-refractivity contribution in [2.45, 2.75) is 181 Å². The van der Waals surface area contributed by atoms with E-state index in [0.717, 1.165) is 23.5 Å². The fraction of sp³-hybridized carbons (Fsp3) is 0.368. The van der Waals surface area contributed by atoms with Crippen LogP contribution < -0.4 is 31.1 Å². The molecule has 3 aliphatic heterocycles. The molecule has 1 saturated carbocycles. The van der Waals surface area contributed by atoms with Gasteiger partial charge in [0.15, 0.2) is 0 Å². The van der Waals surface area contributed by atoms with Crippen LogP contribution in [-0.2, 0) is 32.5 Å². The van der Waals surface area contributed by atoms with Crippen LogP contribution in [-0.4, -0.2) is 12.3 Å². The largest absolute Gasteiger partial charge is 0.335 e. The van der Waals surface area contributed by atoms with Crippen molar-refractivity contribution in [1.82, 2.24) is 0 Å². The van der Waals surface area contributed by atoms with E-state index < -0.39 is 0 Å². The van der Waals surface area contributed by atoms with E-state index >= 15 is 0 Å². The van der Waals surface area contributed by atoms with Gasteiger partial charge < -0.3 is 14.7 Å². The number of fused-ring (bicyclic) bond motifs is 11. The van der Waals surface area contributed by atoms with Gasteiger partial charge >= 0.3 is 0 Å². The maximum atomic E-state index is 2.93. The van der Waals surface area contributed by atoms with Crippen LogP contribution in [0.1, 0.15) is 177 Å². The van der Waals surface area contributed by atoms with Gasteiger partial charge in [-0.05, 0) is 157 Å². The standard InChI is InChI=1S/C76H84BN3S/c1-70(2,3)48-25-31-53(32-26-48)78(54-33-27-49(28-34-54)71(4,5)6)55-45-63-66-64(46-55)80-67-59(75(16)39-21-22-40-76(75,80)17)42-52(74(13,14)15)43-61(67)77(66)60-37-36-57-56-35-29-51(73(10,11)12)44-65(56)81-69(57)68(60)79(63)62-38-30-50(72(7,8)9)41-58(62)47-23-19-18-20-24-47/h18-20,23-38,41-46H,21-22,39-40H2,1-17H3. The van der Waals surface area contributed by atoms with E-state index in [-0.39, 0.29) is 44.7 Å². The number of thiophene rings is 1. The van der Waals surface area contributed by atoms with Gasteiger partial charge in [-0.15, -0.1) is 11.3 Å². The fourth-order valence-corrected chi connectivity index (χ4v) is 15.9. The van der Waals surface area contributed by atoms with Crippen LogP contribution >= 0.6 is 11.3 Å². The molecule has 81 heavy (non-hydrogen) atoms. The SMILES string of the molecule is CC(C)(C)c1ccc(N(c2ccc(C(C)(C)C)cc2)c2cc3c4c(c2)N2c5c(cc(C(C)(C)C)cc5C5(C)CCCCC25C)B4c2ccc4c(sc5cc(C(C)(C)C)ccc54)c2N3c2ccc(C(C)(C)C)cc2-c2ccccc2)cc1. The molecule has 0 saturated heterocycles. The normalized spacial score (nSPS) is 18.8. The minimum Gasteiger partial charge on any atom is -0.335 e. The van der Waals surface area contributed by atoms with E-state index in [9.17, 15) is 0 Å². The number of anilines is 8. The first-order valence-corrected chi connectivity index (χ1v) is 31.1. The Balaban J connectivity index is 1.22. The molecule has 13 rings (SSSR count). The summed E-state index contributed by atoms with van der Waals surface area (Å²) in [5.41, 5.74) is 24.8. The molecule has 9 aromatic rings. The van der Waals surface area contributed by atoms with Crippen molar-refractivity contribution >= 4 is 100 Å². The number of hydrogen-bond donors (Lipinski definition) is 0. The molecule has 0 bridgehead atoms. The molecule has 1 fully saturated rings. The molecule has 3 nitrogen and oxygen atoms in total. The van der Waals surface area contributed by atoms with Crippen LogP contribution in [0.4, 0.5) is 45.5 Å². The Morgan fingerprint density at radius 1 is 0.457 bits per heavy atom. The minimum atomic E-state index is -0.168. The van der Waals surface area contributed by atoms with Gasteiger partial charge in [-0.1, -0.05) is 221 Å². The third kappa shape index (κ3) is 8.31. The Morgan fingerprint density at radius 3 is 1.60 bits per heavy atom. The van der Waals surface area contributed by atoms with Gasteiger partial charge in [-0.2, -0.15) is 0 Å². The monoisotopic (exact) mass is 1080 g/mol. The van der Waals surface area contributed by atoms with Gasteiger partial charge in [-0.25, -0.2) is 0 Å². The maximum absolute atomic E-state index is 2.93. The summed E-state index contributed by atoms with van der Waals surface area (Å²) in [4.78, 5) is 8.28.